The first kappa shape index (κ1) is 32.7. The predicted octanol–water partition coefficient (Wildman–Crippen LogP) is 14.6. The van der Waals surface area contributed by atoms with E-state index in [1.807, 2.05) is 23.5 Å². The van der Waals surface area contributed by atoms with Crippen molar-refractivity contribution in [2.24, 2.45) is 0 Å². The summed E-state index contributed by atoms with van der Waals surface area (Å²) in [7, 11) is 0. The summed E-state index contributed by atoms with van der Waals surface area (Å²) in [4.78, 5) is 10.6. The van der Waals surface area contributed by atoms with Crippen LogP contribution in [0.25, 0.3) is 98.2 Å². The highest BCUT2D eigenvalue weighted by atomic mass is 32.1. The van der Waals surface area contributed by atoms with Crippen LogP contribution >= 0.6 is 11.3 Å². The Morgan fingerprint density at radius 2 is 1.00 bits per heavy atom. The van der Waals surface area contributed by atoms with Crippen LogP contribution in [-0.2, 0) is 5.41 Å². The molecule has 3 heteroatoms. The minimum atomic E-state index is -0.0501. The molecule has 0 N–H and O–H groups in total. The highest BCUT2D eigenvalue weighted by Crippen LogP contribution is 2.50. The van der Waals surface area contributed by atoms with E-state index in [0.29, 0.717) is 0 Å². The van der Waals surface area contributed by atoms with Gasteiger partial charge >= 0.3 is 0 Å². The molecule has 2 heterocycles. The van der Waals surface area contributed by atoms with E-state index in [9.17, 15) is 0 Å². The second-order valence-corrected chi connectivity index (χ2v) is 16.4. The summed E-state index contributed by atoms with van der Waals surface area (Å²) in [5, 5.41) is 4.94. The van der Waals surface area contributed by atoms with Gasteiger partial charge in [-0.1, -0.05) is 159 Å². The van der Waals surface area contributed by atoms with Gasteiger partial charge in [-0.05, 0) is 86.1 Å². The molecule has 11 rings (SSSR count). The first-order chi connectivity index (χ1) is 27.5. The highest BCUT2D eigenvalue weighted by Gasteiger charge is 2.35. The lowest BCUT2D eigenvalue weighted by atomic mass is 9.81. The maximum absolute atomic E-state index is 5.31. The third-order valence-electron chi connectivity index (χ3n) is 11.7. The number of hydrogen-bond donors (Lipinski definition) is 0. The Morgan fingerprint density at radius 1 is 0.411 bits per heavy atom. The monoisotopic (exact) mass is 732 g/mol. The molecule has 10 aromatic rings. The zero-order chi connectivity index (χ0) is 37.4. The summed E-state index contributed by atoms with van der Waals surface area (Å²) in [6.07, 6.45) is 0. The molecular weight excluding hydrogens is 697 g/mol. The standard InChI is InChI=1S/C53H36N2S/c1-53(2)45-19-11-9-17-40(45)41-26-25-37(31-46(41)53)36-23-21-33-22-24-38(30-39(33)29-36)50-44(28-27-43-42-18-10-12-20-49(42)56-51(43)50)52-54-47(34-13-5-3-6-14-34)32-48(55-52)35-15-7-4-8-16-35/h3-32H,1-2H3. The number of hydrogen-bond acceptors (Lipinski definition) is 3. The number of nitrogens with zero attached hydrogens (tertiary/aromatic N) is 2. The molecule has 1 aliphatic rings. The molecule has 264 valence electrons. The molecule has 0 saturated carbocycles. The molecule has 0 saturated heterocycles. The minimum absolute atomic E-state index is 0.0501. The van der Waals surface area contributed by atoms with Crippen LogP contribution in [0, 0.1) is 0 Å². The molecule has 1 aliphatic carbocycles. The molecular formula is C53H36N2S. The van der Waals surface area contributed by atoms with Gasteiger partial charge < -0.3 is 0 Å². The first-order valence-electron chi connectivity index (χ1n) is 19.2. The van der Waals surface area contributed by atoms with Crippen LogP contribution in [0.1, 0.15) is 25.0 Å². The topological polar surface area (TPSA) is 25.8 Å². The average Bonchev–Trinajstić information content (AvgIpc) is 3.75. The van der Waals surface area contributed by atoms with Crippen molar-refractivity contribution in [1.29, 1.82) is 0 Å². The second-order valence-electron chi connectivity index (χ2n) is 15.4. The molecule has 2 aromatic heterocycles. The van der Waals surface area contributed by atoms with Gasteiger partial charge in [-0.15, -0.1) is 11.3 Å². The third kappa shape index (κ3) is 5.23. The lowest BCUT2D eigenvalue weighted by Gasteiger charge is -2.22. The van der Waals surface area contributed by atoms with Gasteiger partial charge in [0, 0.05) is 47.8 Å². The summed E-state index contributed by atoms with van der Waals surface area (Å²) in [6, 6.07) is 65.9. The van der Waals surface area contributed by atoms with Gasteiger partial charge in [0.1, 0.15) is 0 Å². The Balaban J connectivity index is 1.11. The van der Waals surface area contributed by atoms with Crippen molar-refractivity contribution in [2.75, 3.05) is 0 Å². The van der Waals surface area contributed by atoms with Crippen molar-refractivity contribution in [3.05, 3.63) is 193 Å². The van der Waals surface area contributed by atoms with E-state index < -0.39 is 0 Å². The van der Waals surface area contributed by atoms with Crippen LogP contribution in [0.4, 0.5) is 0 Å². The van der Waals surface area contributed by atoms with Crippen LogP contribution < -0.4 is 0 Å². The largest absolute Gasteiger partial charge is 0.228 e. The van der Waals surface area contributed by atoms with Gasteiger partial charge in [0.25, 0.3) is 0 Å². The fourth-order valence-corrected chi connectivity index (χ4v) is 10.1. The summed E-state index contributed by atoms with van der Waals surface area (Å²) in [5.74, 6) is 0.718. The molecule has 0 amide bonds. The zero-order valence-electron chi connectivity index (χ0n) is 31.1. The first-order valence-corrected chi connectivity index (χ1v) is 20.0. The third-order valence-corrected chi connectivity index (χ3v) is 12.9. The fraction of sp³-hybridized carbons (Fsp3) is 0.0566. The molecule has 0 aliphatic heterocycles. The van der Waals surface area contributed by atoms with Crippen molar-refractivity contribution in [3.63, 3.8) is 0 Å². The van der Waals surface area contributed by atoms with E-state index in [1.165, 1.54) is 64.3 Å². The molecule has 0 spiro atoms. The molecule has 0 unspecified atom stereocenters. The van der Waals surface area contributed by atoms with Crippen molar-refractivity contribution >= 4 is 42.3 Å². The van der Waals surface area contributed by atoms with Crippen LogP contribution in [0.5, 0.6) is 0 Å². The normalized spacial score (nSPS) is 13.0. The van der Waals surface area contributed by atoms with E-state index in [4.69, 9.17) is 9.97 Å². The SMILES string of the molecule is CC1(C)c2ccccc2-c2ccc(-c3ccc4ccc(-c5c(-c6nc(-c7ccccc7)cc(-c7ccccc7)n6)ccc6c5sc5ccccc56)cc4c3)cc21. The molecule has 0 bridgehead atoms. The van der Waals surface area contributed by atoms with Crippen molar-refractivity contribution in [3.8, 4) is 67.3 Å². The van der Waals surface area contributed by atoms with Crippen LogP contribution in [0.15, 0.2) is 182 Å². The van der Waals surface area contributed by atoms with Gasteiger partial charge in [-0.25, -0.2) is 9.97 Å². The average molecular weight is 733 g/mol. The summed E-state index contributed by atoms with van der Waals surface area (Å²) in [5.41, 5.74) is 15.2. The Hall–Kier alpha value is -6.68. The maximum atomic E-state index is 5.31. The molecule has 0 atom stereocenters. The second kappa shape index (κ2) is 12.7. The zero-order valence-corrected chi connectivity index (χ0v) is 31.9. The van der Waals surface area contributed by atoms with E-state index in [1.54, 1.807) is 0 Å². The molecule has 2 nitrogen and oxygen atoms in total. The molecule has 8 aromatic carbocycles. The Morgan fingerprint density at radius 3 is 1.77 bits per heavy atom. The predicted molar refractivity (Wildman–Crippen MR) is 237 cm³/mol. The smallest absolute Gasteiger partial charge is 0.161 e. The van der Waals surface area contributed by atoms with Crippen LogP contribution in [0.2, 0.25) is 0 Å². The van der Waals surface area contributed by atoms with Crippen molar-refractivity contribution in [1.82, 2.24) is 9.97 Å². The fourth-order valence-electron chi connectivity index (χ4n) is 8.81. The lowest BCUT2D eigenvalue weighted by Crippen LogP contribution is -2.14. The number of aromatic nitrogens is 2. The minimum Gasteiger partial charge on any atom is -0.228 e. The van der Waals surface area contributed by atoms with Gasteiger partial charge in [-0.2, -0.15) is 0 Å². The van der Waals surface area contributed by atoms with Crippen molar-refractivity contribution < 1.29 is 0 Å². The van der Waals surface area contributed by atoms with E-state index >= 15 is 0 Å². The molecule has 0 radical (unpaired) electrons. The maximum Gasteiger partial charge on any atom is 0.161 e. The number of rotatable bonds is 5. The van der Waals surface area contributed by atoms with Gasteiger partial charge in [0.05, 0.1) is 11.4 Å². The lowest BCUT2D eigenvalue weighted by molar-refractivity contribution is 0.660. The quantitative estimate of drug-likeness (QED) is 0.176. The number of fused-ring (bicyclic) bond motifs is 7. The summed E-state index contributed by atoms with van der Waals surface area (Å²) < 4.78 is 2.52. The van der Waals surface area contributed by atoms with E-state index in [0.717, 1.165) is 45.0 Å². The van der Waals surface area contributed by atoms with Crippen molar-refractivity contribution in [2.45, 2.75) is 19.3 Å². The van der Waals surface area contributed by atoms with E-state index in [-0.39, 0.29) is 5.41 Å². The van der Waals surface area contributed by atoms with Gasteiger partial charge in [0.15, 0.2) is 5.82 Å². The molecule has 0 fully saturated rings. The summed E-state index contributed by atoms with van der Waals surface area (Å²) >= 11 is 1.85. The Labute approximate surface area is 330 Å². The summed E-state index contributed by atoms with van der Waals surface area (Å²) in [6.45, 7) is 4.70. The highest BCUT2D eigenvalue weighted by molar-refractivity contribution is 7.26. The van der Waals surface area contributed by atoms with Gasteiger partial charge in [-0.3, -0.25) is 0 Å². The van der Waals surface area contributed by atoms with Crippen LogP contribution in [0.3, 0.4) is 0 Å². The molecule has 56 heavy (non-hydrogen) atoms. The van der Waals surface area contributed by atoms with E-state index in [2.05, 4.69) is 184 Å². The van der Waals surface area contributed by atoms with Gasteiger partial charge in [0.2, 0.25) is 0 Å². The van der Waals surface area contributed by atoms with Crippen LogP contribution in [-0.4, -0.2) is 9.97 Å². The number of benzene rings is 8. The number of thiophene rings is 1. The Bertz CT molecular complexity index is 3100. The Kier molecular flexibility index (Phi) is 7.42.